The fourth-order valence-electron chi connectivity index (χ4n) is 1.60. The van der Waals surface area contributed by atoms with E-state index in [9.17, 15) is 9.59 Å². The van der Waals surface area contributed by atoms with Crippen LogP contribution < -0.4 is 10.9 Å². The molecule has 96 valence electrons. The molecule has 1 aromatic heterocycles. The molecule has 0 atom stereocenters. The van der Waals surface area contributed by atoms with Gasteiger partial charge in [-0.3, -0.25) is 9.59 Å². The molecule has 0 aliphatic heterocycles. The van der Waals surface area contributed by atoms with Crippen molar-refractivity contribution in [3.63, 3.8) is 0 Å². The SMILES string of the molecule is Cn1cccc(NC(=O)/C=C/c2ccccc2)c1=O. The lowest BCUT2D eigenvalue weighted by atomic mass is 10.2. The standard InChI is InChI=1S/C15H14N2O2/c1-17-11-5-8-13(15(17)19)16-14(18)10-9-12-6-3-2-4-7-12/h2-11H,1H3,(H,16,18)/b10-9+. The highest BCUT2D eigenvalue weighted by molar-refractivity contribution is 6.01. The van der Waals surface area contributed by atoms with Crippen LogP contribution in [0.15, 0.2) is 59.5 Å². The van der Waals surface area contributed by atoms with Crippen molar-refractivity contribution < 1.29 is 4.79 Å². The predicted molar refractivity (Wildman–Crippen MR) is 75.8 cm³/mol. The molecule has 1 aromatic carbocycles. The number of anilines is 1. The maximum absolute atomic E-state index is 11.7. The second kappa shape index (κ2) is 5.82. The second-order valence-corrected chi connectivity index (χ2v) is 4.07. The average Bonchev–Trinajstić information content (AvgIpc) is 2.43. The number of carbonyl (C=O) groups is 1. The van der Waals surface area contributed by atoms with Crippen molar-refractivity contribution in [3.8, 4) is 0 Å². The van der Waals surface area contributed by atoms with Gasteiger partial charge in [0.25, 0.3) is 5.56 Å². The van der Waals surface area contributed by atoms with Crippen LogP contribution in [0.4, 0.5) is 5.69 Å². The topological polar surface area (TPSA) is 51.1 Å². The zero-order chi connectivity index (χ0) is 13.7. The summed E-state index contributed by atoms with van der Waals surface area (Å²) in [5, 5.41) is 2.56. The Bertz CT molecular complexity index is 657. The molecule has 0 saturated carbocycles. The van der Waals surface area contributed by atoms with E-state index < -0.39 is 0 Å². The summed E-state index contributed by atoms with van der Waals surface area (Å²) in [6.45, 7) is 0. The monoisotopic (exact) mass is 254 g/mol. The number of aromatic nitrogens is 1. The van der Waals surface area contributed by atoms with Gasteiger partial charge in [-0.2, -0.15) is 0 Å². The minimum Gasteiger partial charge on any atom is -0.318 e. The molecule has 2 rings (SSSR count). The third-order valence-electron chi connectivity index (χ3n) is 2.61. The molecule has 0 saturated heterocycles. The minimum atomic E-state index is -0.327. The first-order valence-corrected chi connectivity index (χ1v) is 5.86. The summed E-state index contributed by atoms with van der Waals surface area (Å²) in [4.78, 5) is 23.4. The van der Waals surface area contributed by atoms with Gasteiger partial charge >= 0.3 is 0 Å². The van der Waals surface area contributed by atoms with Crippen LogP contribution in [0.2, 0.25) is 0 Å². The van der Waals surface area contributed by atoms with Gasteiger partial charge in [-0.05, 0) is 23.8 Å². The molecule has 1 N–H and O–H groups in total. The van der Waals surface area contributed by atoms with E-state index >= 15 is 0 Å². The van der Waals surface area contributed by atoms with E-state index in [-0.39, 0.29) is 17.2 Å². The van der Waals surface area contributed by atoms with Crippen LogP contribution in [0, 0.1) is 0 Å². The molecule has 0 spiro atoms. The Morgan fingerprint density at radius 3 is 2.63 bits per heavy atom. The van der Waals surface area contributed by atoms with Gasteiger partial charge in [0.15, 0.2) is 0 Å². The van der Waals surface area contributed by atoms with E-state index in [1.807, 2.05) is 30.3 Å². The molecular formula is C15H14N2O2. The van der Waals surface area contributed by atoms with Crippen molar-refractivity contribution in [2.45, 2.75) is 0 Å². The summed E-state index contributed by atoms with van der Waals surface area (Å²) in [7, 11) is 1.64. The third kappa shape index (κ3) is 3.42. The summed E-state index contributed by atoms with van der Waals surface area (Å²) >= 11 is 0. The number of nitrogens with zero attached hydrogens (tertiary/aromatic N) is 1. The van der Waals surface area contributed by atoms with Gasteiger partial charge in [-0.25, -0.2) is 0 Å². The van der Waals surface area contributed by atoms with Crippen molar-refractivity contribution in [1.29, 1.82) is 0 Å². The lowest BCUT2D eigenvalue weighted by Crippen LogP contribution is -2.22. The normalized spacial score (nSPS) is 10.6. The molecule has 0 fully saturated rings. The van der Waals surface area contributed by atoms with Crippen molar-refractivity contribution in [2.24, 2.45) is 7.05 Å². The van der Waals surface area contributed by atoms with Gasteiger partial charge in [-0.15, -0.1) is 0 Å². The first-order valence-electron chi connectivity index (χ1n) is 5.86. The number of nitrogens with one attached hydrogen (secondary N) is 1. The van der Waals surface area contributed by atoms with Gasteiger partial charge in [0.1, 0.15) is 5.69 Å². The Morgan fingerprint density at radius 1 is 1.16 bits per heavy atom. The molecule has 4 nitrogen and oxygen atoms in total. The molecule has 1 heterocycles. The lowest BCUT2D eigenvalue weighted by Gasteiger charge is -2.03. The number of carbonyl (C=O) groups excluding carboxylic acids is 1. The van der Waals surface area contributed by atoms with E-state index in [4.69, 9.17) is 0 Å². The summed E-state index contributed by atoms with van der Waals surface area (Å²) in [5.41, 5.74) is 0.968. The van der Waals surface area contributed by atoms with E-state index in [0.29, 0.717) is 0 Å². The number of amides is 1. The minimum absolute atomic E-state index is 0.232. The van der Waals surface area contributed by atoms with E-state index in [0.717, 1.165) is 5.56 Å². The molecule has 0 aliphatic rings. The maximum Gasteiger partial charge on any atom is 0.274 e. The molecule has 0 aliphatic carbocycles. The van der Waals surface area contributed by atoms with Gasteiger partial charge in [0.2, 0.25) is 5.91 Å². The highest BCUT2D eigenvalue weighted by Crippen LogP contribution is 2.02. The van der Waals surface area contributed by atoms with Gasteiger partial charge < -0.3 is 9.88 Å². The van der Waals surface area contributed by atoms with Crippen molar-refractivity contribution in [3.05, 3.63) is 70.7 Å². The van der Waals surface area contributed by atoms with Gasteiger partial charge in [0.05, 0.1) is 0 Å². The third-order valence-corrected chi connectivity index (χ3v) is 2.61. The molecule has 0 unspecified atom stereocenters. The molecule has 19 heavy (non-hydrogen) atoms. The molecule has 0 radical (unpaired) electrons. The summed E-state index contributed by atoms with van der Waals surface area (Å²) in [5.74, 6) is -0.327. The molecule has 0 bridgehead atoms. The number of pyridine rings is 1. The van der Waals surface area contributed by atoms with E-state index in [1.54, 1.807) is 31.5 Å². The molecule has 1 amide bonds. The molecule has 2 aromatic rings. The van der Waals surface area contributed by atoms with Crippen LogP contribution in [0.5, 0.6) is 0 Å². The first kappa shape index (κ1) is 12.8. The summed E-state index contributed by atoms with van der Waals surface area (Å²) < 4.78 is 1.41. The Labute approximate surface area is 111 Å². The fourth-order valence-corrected chi connectivity index (χ4v) is 1.60. The second-order valence-electron chi connectivity index (χ2n) is 4.07. The van der Waals surface area contributed by atoms with Crippen LogP contribution in [0.3, 0.4) is 0 Å². The van der Waals surface area contributed by atoms with E-state index in [1.165, 1.54) is 10.6 Å². The Kier molecular flexibility index (Phi) is 3.93. The van der Waals surface area contributed by atoms with Crippen LogP contribution >= 0.6 is 0 Å². The largest absolute Gasteiger partial charge is 0.318 e. The Morgan fingerprint density at radius 2 is 1.89 bits per heavy atom. The summed E-state index contributed by atoms with van der Waals surface area (Å²) in [6, 6.07) is 12.8. The smallest absolute Gasteiger partial charge is 0.274 e. The zero-order valence-corrected chi connectivity index (χ0v) is 10.5. The fraction of sp³-hybridized carbons (Fsp3) is 0.0667. The zero-order valence-electron chi connectivity index (χ0n) is 10.5. The van der Waals surface area contributed by atoms with Crippen molar-refractivity contribution in [2.75, 3.05) is 5.32 Å². The Hall–Kier alpha value is -2.62. The number of hydrogen-bond donors (Lipinski definition) is 1. The van der Waals surface area contributed by atoms with Crippen LogP contribution in [0.25, 0.3) is 6.08 Å². The van der Waals surface area contributed by atoms with E-state index in [2.05, 4.69) is 5.32 Å². The molecule has 4 heteroatoms. The summed E-state index contributed by atoms with van der Waals surface area (Å²) in [6.07, 6.45) is 4.74. The highest BCUT2D eigenvalue weighted by atomic mass is 16.2. The quantitative estimate of drug-likeness (QED) is 0.852. The number of hydrogen-bond acceptors (Lipinski definition) is 2. The lowest BCUT2D eigenvalue weighted by molar-refractivity contribution is -0.111. The Balaban J connectivity index is 2.08. The van der Waals surface area contributed by atoms with Gasteiger partial charge in [-0.1, -0.05) is 30.3 Å². The van der Waals surface area contributed by atoms with Crippen molar-refractivity contribution in [1.82, 2.24) is 4.57 Å². The van der Waals surface area contributed by atoms with Crippen molar-refractivity contribution >= 4 is 17.7 Å². The molecular weight excluding hydrogens is 240 g/mol. The van der Waals surface area contributed by atoms with Crippen LogP contribution in [0.1, 0.15) is 5.56 Å². The van der Waals surface area contributed by atoms with Gasteiger partial charge in [0, 0.05) is 19.3 Å². The average molecular weight is 254 g/mol. The van der Waals surface area contributed by atoms with Crippen LogP contribution in [-0.2, 0) is 11.8 Å². The number of benzene rings is 1. The maximum atomic E-state index is 11.7. The highest BCUT2D eigenvalue weighted by Gasteiger charge is 2.02. The number of aryl methyl sites for hydroxylation is 1. The number of rotatable bonds is 3. The first-order chi connectivity index (χ1) is 9.16. The predicted octanol–water partition coefficient (Wildman–Crippen LogP) is 2.04. The van der Waals surface area contributed by atoms with Crippen LogP contribution in [-0.4, -0.2) is 10.5 Å².